The lowest BCUT2D eigenvalue weighted by Gasteiger charge is -2.11. The molecular weight excluding hydrogens is 249 g/mol. The van der Waals surface area contributed by atoms with Crippen molar-refractivity contribution < 1.29 is 5.21 Å². The highest BCUT2D eigenvalue weighted by Gasteiger charge is 2.13. The van der Waals surface area contributed by atoms with Gasteiger partial charge in [-0.2, -0.15) is 0 Å². The van der Waals surface area contributed by atoms with Crippen molar-refractivity contribution in [2.75, 3.05) is 7.05 Å². The molecule has 0 aromatic carbocycles. The molecule has 1 rings (SSSR count). The molecule has 16 heavy (non-hydrogen) atoms. The van der Waals surface area contributed by atoms with Crippen molar-refractivity contribution in [3.8, 4) is 0 Å². The monoisotopic (exact) mass is 259 g/mol. The van der Waals surface area contributed by atoms with Crippen LogP contribution in [0.4, 0.5) is 0 Å². The van der Waals surface area contributed by atoms with Crippen LogP contribution in [0.25, 0.3) is 0 Å². The average Bonchev–Trinajstić information content (AvgIpc) is 2.28. The molecule has 0 aliphatic rings. The quantitative estimate of drug-likeness (QED) is 0.393. The molecule has 0 fully saturated rings. The number of oxime groups is 1. The molecular formula is C10H11Cl2N3O. The van der Waals surface area contributed by atoms with E-state index in [2.05, 4.69) is 15.1 Å². The summed E-state index contributed by atoms with van der Waals surface area (Å²) in [6, 6.07) is 1.72. The molecule has 0 amide bonds. The van der Waals surface area contributed by atoms with E-state index in [0.29, 0.717) is 10.7 Å². The first-order chi connectivity index (χ1) is 7.60. The van der Waals surface area contributed by atoms with Gasteiger partial charge >= 0.3 is 0 Å². The minimum atomic E-state index is -0.0665. The summed E-state index contributed by atoms with van der Waals surface area (Å²) >= 11 is 11.6. The first-order valence-corrected chi connectivity index (χ1v) is 5.30. The maximum Gasteiger partial charge on any atom is 0.147 e. The van der Waals surface area contributed by atoms with E-state index in [0.717, 1.165) is 5.56 Å². The van der Waals surface area contributed by atoms with Crippen molar-refractivity contribution in [3.63, 3.8) is 0 Å². The van der Waals surface area contributed by atoms with Gasteiger partial charge in [0.05, 0.1) is 16.9 Å². The molecule has 6 heteroatoms. The standard InChI is InChI=1S/C10H11Cl2N3O/c1-6(9(13-2)5-15-16)7-3-8(11)10(12)14-4-7/h3-6,16H,1-2H3. The Morgan fingerprint density at radius 2 is 2.25 bits per heavy atom. The Bertz CT molecular complexity index is 432. The first kappa shape index (κ1) is 12.9. The summed E-state index contributed by atoms with van der Waals surface area (Å²) in [5.41, 5.74) is 1.48. The summed E-state index contributed by atoms with van der Waals surface area (Å²) in [6.45, 7) is 1.91. The smallest absolute Gasteiger partial charge is 0.147 e. The van der Waals surface area contributed by atoms with Crippen LogP contribution in [0.2, 0.25) is 10.2 Å². The third kappa shape index (κ3) is 2.93. The topological polar surface area (TPSA) is 57.8 Å². The fourth-order valence-electron chi connectivity index (χ4n) is 1.27. The predicted octanol–water partition coefficient (Wildman–Crippen LogP) is 3.02. The normalized spacial score (nSPS) is 14.4. The average molecular weight is 260 g/mol. The van der Waals surface area contributed by atoms with Gasteiger partial charge in [-0.25, -0.2) is 4.98 Å². The molecule has 86 valence electrons. The van der Waals surface area contributed by atoms with Gasteiger partial charge in [0.1, 0.15) is 5.15 Å². The second-order valence-corrected chi connectivity index (χ2v) is 3.92. The van der Waals surface area contributed by atoms with E-state index in [1.54, 1.807) is 19.3 Å². The molecule has 1 aromatic rings. The van der Waals surface area contributed by atoms with E-state index in [1.165, 1.54) is 6.21 Å². The van der Waals surface area contributed by atoms with E-state index in [9.17, 15) is 0 Å². The van der Waals surface area contributed by atoms with Gasteiger partial charge in [0.25, 0.3) is 0 Å². The highest BCUT2D eigenvalue weighted by molar-refractivity contribution is 6.41. The third-order valence-corrected chi connectivity index (χ3v) is 2.90. The Hall–Kier alpha value is -1.13. The van der Waals surface area contributed by atoms with E-state index in [-0.39, 0.29) is 11.1 Å². The summed E-state index contributed by atoms with van der Waals surface area (Å²) < 4.78 is 0. The van der Waals surface area contributed by atoms with E-state index in [1.807, 2.05) is 6.92 Å². The molecule has 0 aliphatic heterocycles. The highest BCUT2D eigenvalue weighted by atomic mass is 35.5. The second-order valence-electron chi connectivity index (χ2n) is 3.16. The fourth-order valence-corrected chi connectivity index (χ4v) is 1.54. The van der Waals surface area contributed by atoms with Crippen LogP contribution in [-0.4, -0.2) is 29.2 Å². The van der Waals surface area contributed by atoms with Gasteiger partial charge < -0.3 is 5.21 Å². The SMILES string of the molecule is CN=C(C=NO)C(C)c1cnc(Cl)c(Cl)c1. The molecule has 0 radical (unpaired) electrons. The number of pyridine rings is 1. The van der Waals surface area contributed by atoms with Gasteiger partial charge in [0.15, 0.2) is 0 Å². The van der Waals surface area contributed by atoms with Crippen LogP contribution in [-0.2, 0) is 0 Å². The van der Waals surface area contributed by atoms with Crippen LogP contribution in [0.1, 0.15) is 18.4 Å². The zero-order chi connectivity index (χ0) is 12.1. The van der Waals surface area contributed by atoms with Crippen molar-refractivity contribution >= 4 is 35.1 Å². The van der Waals surface area contributed by atoms with Crippen LogP contribution in [0, 0.1) is 0 Å². The number of halogens is 2. The largest absolute Gasteiger partial charge is 0.411 e. The van der Waals surface area contributed by atoms with Gasteiger partial charge in [0, 0.05) is 19.2 Å². The zero-order valence-electron chi connectivity index (χ0n) is 8.85. The third-order valence-electron chi connectivity index (χ3n) is 2.21. The Balaban J connectivity index is 3.04. The van der Waals surface area contributed by atoms with Crippen LogP contribution >= 0.6 is 23.2 Å². The zero-order valence-corrected chi connectivity index (χ0v) is 10.4. The molecule has 1 unspecified atom stereocenters. The van der Waals surface area contributed by atoms with Crippen LogP contribution < -0.4 is 0 Å². The maximum absolute atomic E-state index is 8.49. The van der Waals surface area contributed by atoms with Gasteiger partial charge in [-0.3, -0.25) is 4.99 Å². The molecule has 0 saturated heterocycles. The first-order valence-electron chi connectivity index (χ1n) is 4.55. The van der Waals surface area contributed by atoms with Gasteiger partial charge in [-0.15, -0.1) is 0 Å². The summed E-state index contributed by atoms with van der Waals surface area (Å²) in [6.07, 6.45) is 2.91. The lowest BCUT2D eigenvalue weighted by atomic mass is 9.98. The van der Waals surface area contributed by atoms with Crippen LogP contribution in [0.15, 0.2) is 22.4 Å². The minimum absolute atomic E-state index is 0.0665. The predicted molar refractivity (Wildman–Crippen MR) is 66.3 cm³/mol. The van der Waals surface area contributed by atoms with Crippen molar-refractivity contribution in [1.82, 2.24) is 4.98 Å². The molecule has 4 nitrogen and oxygen atoms in total. The molecule has 1 atom stereocenters. The maximum atomic E-state index is 8.49. The van der Waals surface area contributed by atoms with Gasteiger partial charge in [-0.1, -0.05) is 35.3 Å². The van der Waals surface area contributed by atoms with Gasteiger partial charge in [-0.05, 0) is 11.6 Å². The molecule has 0 spiro atoms. The summed E-state index contributed by atoms with van der Waals surface area (Å²) in [7, 11) is 1.62. The Kier molecular flexibility index (Phi) is 4.71. The fraction of sp³-hybridized carbons (Fsp3) is 0.300. The van der Waals surface area contributed by atoms with Crippen molar-refractivity contribution in [2.24, 2.45) is 10.1 Å². The number of nitrogens with zero attached hydrogens (tertiary/aromatic N) is 3. The number of hydrogen-bond acceptors (Lipinski definition) is 4. The van der Waals surface area contributed by atoms with Crippen LogP contribution in [0.5, 0.6) is 0 Å². The van der Waals surface area contributed by atoms with Crippen LogP contribution in [0.3, 0.4) is 0 Å². The highest BCUT2D eigenvalue weighted by Crippen LogP contribution is 2.24. The summed E-state index contributed by atoms with van der Waals surface area (Å²) in [5, 5.41) is 12.1. The van der Waals surface area contributed by atoms with E-state index in [4.69, 9.17) is 28.4 Å². The minimum Gasteiger partial charge on any atom is -0.411 e. The second kappa shape index (κ2) is 5.82. The van der Waals surface area contributed by atoms with E-state index >= 15 is 0 Å². The number of aromatic nitrogens is 1. The summed E-state index contributed by atoms with van der Waals surface area (Å²) in [5.74, 6) is -0.0665. The molecule has 0 bridgehead atoms. The molecule has 1 aromatic heterocycles. The Labute approximate surface area is 104 Å². The molecule has 1 N–H and O–H groups in total. The molecule has 0 saturated carbocycles. The van der Waals surface area contributed by atoms with Crippen molar-refractivity contribution in [2.45, 2.75) is 12.8 Å². The Morgan fingerprint density at radius 3 is 2.75 bits per heavy atom. The summed E-state index contributed by atoms with van der Waals surface area (Å²) in [4.78, 5) is 7.96. The Morgan fingerprint density at radius 1 is 1.56 bits per heavy atom. The molecule has 0 aliphatic carbocycles. The van der Waals surface area contributed by atoms with Crippen molar-refractivity contribution in [3.05, 3.63) is 28.0 Å². The lowest BCUT2D eigenvalue weighted by molar-refractivity contribution is 0.322. The number of hydrogen-bond donors (Lipinski definition) is 1. The lowest BCUT2D eigenvalue weighted by Crippen LogP contribution is -2.11. The number of rotatable bonds is 3. The van der Waals surface area contributed by atoms with Crippen molar-refractivity contribution in [1.29, 1.82) is 0 Å². The van der Waals surface area contributed by atoms with E-state index < -0.39 is 0 Å². The number of aliphatic imine (C=N–C) groups is 1. The molecule has 1 heterocycles. The van der Waals surface area contributed by atoms with Gasteiger partial charge in [0.2, 0.25) is 0 Å².